The van der Waals surface area contributed by atoms with Crippen molar-refractivity contribution >= 4 is 19.7 Å². The van der Waals surface area contributed by atoms with E-state index in [2.05, 4.69) is 0 Å². The van der Waals surface area contributed by atoms with Gasteiger partial charge >= 0.3 is 0 Å². The molecular formula is C15H27ClO4S. The fraction of sp³-hybridized carbons (Fsp3) is 1.00. The Kier molecular flexibility index (Phi) is 6.79. The van der Waals surface area contributed by atoms with Gasteiger partial charge < -0.3 is 9.47 Å². The molecule has 0 aromatic carbocycles. The van der Waals surface area contributed by atoms with E-state index in [-0.39, 0.29) is 11.2 Å². The monoisotopic (exact) mass is 338 g/mol. The highest BCUT2D eigenvalue weighted by Crippen LogP contribution is 2.37. The fourth-order valence-corrected chi connectivity index (χ4v) is 5.33. The van der Waals surface area contributed by atoms with Crippen molar-refractivity contribution in [3.63, 3.8) is 0 Å². The highest BCUT2D eigenvalue weighted by Gasteiger charge is 2.35. The van der Waals surface area contributed by atoms with E-state index >= 15 is 0 Å². The summed E-state index contributed by atoms with van der Waals surface area (Å²) in [7, 11) is 2.06. The highest BCUT2D eigenvalue weighted by molar-refractivity contribution is 8.13. The lowest BCUT2D eigenvalue weighted by Gasteiger charge is -2.32. The van der Waals surface area contributed by atoms with E-state index in [1.165, 1.54) is 12.8 Å². The number of hydrogen-bond donors (Lipinski definition) is 0. The molecule has 0 N–H and O–H groups in total. The largest absolute Gasteiger partial charge is 0.381 e. The first-order chi connectivity index (χ1) is 9.99. The zero-order valence-electron chi connectivity index (χ0n) is 12.7. The Balaban J connectivity index is 1.88. The van der Waals surface area contributed by atoms with Gasteiger partial charge in [0, 0.05) is 35.9 Å². The average molecular weight is 339 g/mol. The molecule has 0 radical (unpaired) electrons. The minimum absolute atomic E-state index is 0.0509. The molecule has 4 nitrogen and oxygen atoms in total. The van der Waals surface area contributed by atoms with Crippen molar-refractivity contribution in [2.45, 2.75) is 51.4 Å². The Hall–Kier alpha value is 0.160. The van der Waals surface area contributed by atoms with Crippen molar-refractivity contribution in [3.8, 4) is 0 Å². The lowest BCUT2D eigenvalue weighted by molar-refractivity contribution is -0.00813. The standard InChI is InChI=1S/C15H27ClO4S/c16-21(17,18)13-15(7-3-1-2-4-8-15)12-20-11-14-5-9-19-10-6-14/h14H,1-13H2. The molecule has 2 aliphatic rings. The molecule has 2 fully saturated rings. The summed E-state index contributed by atoms with van der Waals surface area (Å²) in [5, 5.41) is 0. The molecule has 1 aliphatic carbocycles. The molecule has 1 aliphatic heterocycles. The Labute approximate surface area is 132 Å². The van der Waals surface area contributed by atoms with E-state index in [1.54, 1.807) is 0 Å². The molecule has 1 heterocycles. The van der Waals surface area contributed by atoms with Crippen molar-refractivity contribution in [1.82, 2.24) is 0 Å². The Morgan fingerprint density at radius 3 is 2.29 bits per heavy atom. The van der Waals surface area contributed by atoms with Gasteiger partial charge in [-0.1, -0.05) is 25.7 Å². The third kappa shape index (κ3) is 6.43. The van der Waals surface area contributed by atoms with Crippen molar-refractivity contribution in [2.24, 2.45) is 11.3 Å². The predicted molar refractivity (Wildman–Crippen MR) is 84.1 cm³/mol. The maximum Gasteiger partial charge on any atom is 0.233 e. The summed E-state index contributed by atoms with van der Waals surface area (Å²) in [5.74, 6) is 0.601. The number of ether oxygens (including phenoxy) is 2. The van der Waals surface area contributed by atoms with Gasteiger partial charge in [-0.3, -0.25) is 0 Å². The third-order valence-corrected chi connectivity index (χ3v) is 6.03. The zero-order valence-corrected chi connectivity index (χ0v) is 14.3. The van der Waals surface area contributed by atoms with Gasteiger partial charge in [-0.25, -0.2) is 8.42 Å². The normalized spacial score (nSPS) is 24.6. The Morgan fingerprint density at radius 1 is 1.10 bits per heavy atom. The molecular weight excluding hydrogens is 312 g/mol. The van der Waals surface area contributed by atoms with Gasteiger partial charge in [0.15, 0.2) is 0 Å². The van der Waals surface area contributed by atoms with Crippen LogP contribution in [-0.4, -0.2) is 40.6 Å². The minimum Gasteiger partial charge on any atom is -0.381 e. The molecule has 0 unspecified atom stereocenters. The summed E-state index contributed by atoms with van der Waals surface area (Å²) in [6.45, 7) is 2.87. The van der Waals surface area contributed by atoms with Crippen LogP contribution < -0.4 is 0 Å². The molecule has 0 atom stereocenters. The maximum atomic E-state index is 11.6. The van der Waals surface area contributed by atoms with Gasteiger partial charge in [0.2, 0.25) is 9.05 Å². The smallest absolute Gasteiger partial charge is 0.233 e. The Bertz CT molecular complexity index is 396. The van der Waals surface area contributed by atoms with Gasteiger partial charge in [0.1, 0.15) is 0 Å². The summed E-state index contributed by atoms with van der Waals surface area (Å²) in [4.78, 5) is 0. The molecule has 0 bridgehead atoms. The summed E-state index contributed by atoms with van der Waals surface area (Å²) in [6, 6.07) is 0. The van der Waals surface area contributed by atoms with E-state index in [0.29, 0.717) is 19.1 Å². The van der Waals surface area contributed by atoms with Gasteiger partial charge in [-0.2, -0.15) is 0 Å². The van der Waals surface area contributed by atoms with Crippen LogP contribution >= 0.6 is 10.7 Å². The summed E-state index contributed by atoms with van der Waals surface area (Å²) in [6.07, 6.45) is 8.43. The van der Waals surface area contributed by atoms with Crippen molar-refractivity contribution in [1.29, 1.82) is 0 Å². The molecule has 21 heavy (non-hydrogen) atoms. The summed E-state index contributed by atoms with van der Waals surface area (Å²) < 4.78 is 34.4. The summed E-state index contributed by atoms with van der Waals surface area (Å²) in [5.41, 5.74) is -0.276. The lowest BCUT2D eigenvalue weighted by Crippen LogP contribution is -2.34. The number of halogens is 1. The van der Waals surface area contributed by atoms with Crippen LogP contribution in [0.3, 0.4) is 0 Å². The quantitative estimate of drug-likeness (QED) is 0.550. The zero-order chi connectivity index (χ0) is 15.2. The molecule has 0 aromatic rings. The third-order valence-electron chi connectivity index (χ3n) is 4.75. The molecule has 0 spiro atoms. The second-order valence-electron chi connectivity index (χ2n) is 6.67. The van der Waals surface area contributed by atoms with Crippen LogP contribution in [0.2, 0.25) is 0 Å². The van der Waals surface area contributed by atoms with Crippen LogP contribution in [0.4, 0.5) is 0 Å². The van der Waals surface area contributed by atoms with Crippen LogP contribution in [0, 0.1) is 11.3 Å². The van der Waals surface area contributed by atoms with Gasteiger partial charge in [-0.05, 0) is 31.6 Å². The van der Waals surface area contributed by atoms with Crippen molar-refractivity contribution < 1.29 is 17.9 Å². The van der Waals surface area contributed by atoms with E-state index in [9.17, 15) is 8.42 Å². The van der Waals surface area contributed by atoms with Crippen LogP contribution in [0.5, 0.6) is 0 Å². The first-order valence-electron chi connectivity index (χ1n) is 8.07. The topological polar surface area (TPSA) is 52.6 Å². The summed E-state index contributed by atoms with van der Waals surface area (Å²) >= 11 is 0. The molecule has 124 valence electrons. The predicted octanol–water partition coefficient (Wildman–Crippen LogP) is 3.34. The molecule has 1 saturated heterocycles. The van der Waals surface area contributed by atoms with Crippen LogP contribution in [0.25, 0.3) is 0 Å². The SMILES string of the molecule is O=S(=O)(Cl)CC1(COCC2CCOCC2)CCCCCC1. The van der Waals surface area contributed by atoms with E-state index in [4.69, 9.17) is 20.2 Å². The van der Waals surface area contributed by atoms with Crippen LogP contribution in [-0.2, 0) is 18.5 Å². The van der Waals surface area contributed by atoms with E-state index in [0.717, 1.165) is 51.7 Å². The second kappa shape index (κ2) is 8.14. The van der Waals surface area contributed by atoms with Gasteiger partial charge in [0.25, 0.3) is 0 Å². The minimum atomic E-state index is -3.48. The van der Waals surface area contributed by atoms with Crippen molar-refractivity contribution in [3.05, 3.63) is 0 Å². The molecule has 0 amide bonds. The number of rotatable bonds is 6. The fourth-order valence-electron chi connectivity index (χ4n) is 3.53. The lowest BCUT2D eigenvalue weighted by atomic mass is 9.83. The highest BCUT2D eigenvalue weighted by atomic mass is 35.7. The van der Waals surface area contributed by atoms with Gasteiger partial charge in [-0.15, -0.1) is 0 Å². The maximum absolute atomic E-state index is 11.6. The molecule has 2 rings (SSSR count). The number of hydrogen-bond acceptors (Lipinski definition) is 4. The van der Waals surface area contributed by atoms with Crippen molar-refractivity contribution in [2.75, 3.05) is 32.2 Å². The first kappa shape index (κ1) is 17.5. The second-order valence-corrected chi connectivity index (χ2v) is 9.45. The molecule has 1 saturated carbocycles. The first-order valence-corrected chi connectivity index (χ1v) is 10.5. The molecule has 0 aromatic heterocycles. The average Bonchev–Trinajstić information content (AvgIpc) is 2.64. The molecule has 6 heteroatoms. The van der Waals surface area contributed by atoms with Gasteiger partial charge in [0.05, 0.1) is 12.4 Å². The van der Waals surface area contributed by atoms with Crippen LogP contribution in [0.1, 0.15) is 51.4 Å². The van der Waals surface area contributed by atoms with Crippen LogP contribution in [0.15, 0.2) is 0 Å². The van der Waals surface area contributed by atoms with E-state index in [1.807, 2.05) is 0 Å². The Morgan fingerprint density at radius 2 is 1.71 bits per heavy atom. The van der Waals surface area contributed by atoms with E-state index < -0.39 is 9.05 Å².